The molecule has 328 valence electrons. The van der Waals surface area contributed by atoms with Gasteiger partial charge in [-0.05, 0) is 122 Å². The van der Waals surface area contributed by atoms with Crippen LogP contribution in [0.3, 0.4) is 0 Å². The van der Waals surface area contributed by atoms with Crippen molar-refractivity contribution in [2.75, 3.05) is 0 Å². The van der Waals surface area contributed by atoms with Crippen molar-refractivity contribution in [3.63, 3.8) is 0 Å². The van der Waals surface area contributed by atoms with Gasteiger partial charge in [0, 0.05) is 49.2 Å². The zero-order valence-electron chi connectivity index (χ0n) is 38.3. The van der Waals surface area contributed by atoms with E-state index >= 15 is 0 Å². The maximum atomic E-state index is 7.36. The van der Waals surface area contributed by atoms with E-state index in [0.29, 0.717) is 0 Å². The predicted molar refractivity (Wildman–Crippen MR) is 292 cm³/mol. The Bertz CT molecular complexity index is 4510. The van der Waals surface area contributed by atoms with Crippen LogP contribution in [0.2, 0.25) is 0 Å². The fourth-order valence-electron chi connectivity index (χ4n) is 13.2. The first-order chi connectivity index (χ1) is 35.2. The van der Waals surface area contributed by atoms with Crippen LogP contribution in [-0.4, -0.2) is 15.7 Å². The Morgan fingerprint density at radius 1 is 0.394 bits per heavy atom. The maximum absolute atomic E-state index is 7.36. The summed E-state index contributed by atoms with van der Waals surface area (Å²) in [5.41, 5.74) is 20.5. The van der Waals surface area contributed by atoms with Gasteiger partial charge >= 0.3 is 0 Å². The molecule has 3 aromatic heterocycles. The van der Waals surface area contributed by atoms with E-state index in [0.717, 1.165) is 39.5 Å². The summed E-state index contributed by atoms with van der Waals surface area (Å²) >= 11 is 0. The highest BCUT2D eigenvalue weighted by molar-refractivity contribution is 6.94. The third-order valence-corrected chi connectivity index (χ3v) is 16.3. The Balaban J connectivity index is 0.907. The number of fused-ring (bicyclic) bond motifs is 17. The van der Waals surface area contributed by atoms with Gasteiger partial charge < -0.3 is 18.4 Å². The van der Waals surface area contributed by atoms with Gasteiger partial charge in [0.25, 0.3) is 6.71 Å². The second kappa shape index (κ2) is 13.8. The van der Waals surface area contributed by atoms with Crippen molar-refractivity contribution in [2.24, 2.45) is 0 Å². The molecule has 0 N–H and O–H groups in total. The van der Waals surface area contributed by atoms with Crippen molar-refractivity contribution in [1.29, 1.82) is 0 Å². The second-order valence-electron chi connectivity index (χ2n) is 19.8. The average molecular weight is 903 g/mol. The van der Waals surface area contributed by atoms with Crippen LogP contribution in [0.25, 0.3) is 104 Å². The third-order valence-electron chi connectivity index (χ3n) is 16.3. The Morgan fingerprint density at radius 2 is 0.930 bits per heavy atom. The van der Waals surface area contributed by atoms with Crippen LogP contribution in [-0.2, 0) is 0 Å². The van der Waals surface area contributed by atoms with Crippen LogP contribution in [0.1, 0.15) is 17.5 Å². The summed E-state index contributed by atoms with van der Waals surface area (Å²) in [4.78, 5) is 0. The molecule has 0 saturated heterocycles. The molecule has 4 aliphatic rings. The number of benzene rings is 10. The highest BCUT2D eigenvalue weighted by Gasteiger charge is 2.49. The van der Waals surface area contributed by atoms with Gasteiger partial charge in [-0.2, -0.15) is 0 Å². The van der Waals surface area contributed by atoms with Crippen LogP contribution < -0.4 is 20.4 Å². The first-order valence-electron chi connectivity index (χ1n) is 24.8. The number of aromatic nitrogens is 2. The number of hydrogen-bond donors (Lipinski definition) is 0. The van der Waals surface area contributed by atoms with Crippen molar-refractivity contribution >= 4 is 77.5 Å². The fourth-order valence-corrected chi connectivity index (χ4v) is 13.2. The Labute approximate surface area is 409 Å². The molecule has 2 atom stereocenters. The van der Waals surface area contributed by atoms with Crippen molar-refractivity contribution in [3.8, 4) is 61.8 Å². The standard InChI is InChI=1S/C66H39BN2O2/c1-5-14-38(15-6-1)42-24-30-56-48(32-42)52-36-44(40-18-9-3-10-19-40)34-50-46-26-28-54-65(63(46)68(56)61(50)52)70-58-22-13-23-59-60(58)67(54)55-29-27-47-51-35-45(41-20-11-4-12-21-41)37-53-49-33-43(39-16-7-2-8-17-39)25-31-57(49)69(62(51)53)64(47)66(55)71-59/h1-37,46,63H. The van der Waals surface area contributed by atoms with Crippen molar-refractivity contribution in [3.05, 3.63) is 241 Å². The molecule has 0 radical (unpaired) electrons. The van der Waals surface area contributed by atoms with Gasteiger partial charge in [-0.15, -0.1) is 0 Å². The van der Waals surface area contributed by atoms with E-state index in [1.165, 1.54) is 110 Å². The zero-order valence-corrected chi connectivity index (χ0v) is 38.3. The van der Waals surface area contributed by atoms with E-state index < -0.39 is 0 Å². The summed E-state index contributed by atoms with van der Waals surface area (Å²) in [7, 11) is 0. The molecular weight excluding hydrogens is 864 g/mol. The number of ether oxygens (including phenoxy) is 2. The third kappa shape index (κ3) is 5.04. The van der Waals surface area contributed by atoms with Crippen molar-refractivity contribution in [1.82, 2.24) is 8.97 Å². The molecule has 5 heteroatoms. The smallest absolute Gasteiger partial charge is 0.260 e. The van der Waals surface area contributed by atoms with Gasteiger partial charge in [-0.25, -0.2) is 0 Å². The minimum Gasteiger partial charge on any atom is -0.460 e. The molecule has 10 aromatic carbocycles. The van der Waals surface area contributed by atoms with E-state index in [1.54, 1.807) is 0 Å². The molecule has 0 bridgehead atoms. The molecule has 71 heavy (non-hydrogen) atoms. The van der Waals surface area contributed by atoms with Crippen LogP contribution in [0.5, 0.6) is 17.2 Å². The lowest BCUT2D eigenvalue weighted by molar-refractivity contribution is 0.336. The van der Waals surface area contributed by atoms with E-state index in [-0.39, 0.29) is 18.7 Å². The minimum atomic E-state index is -0.104. The topological polar surface area (TPSA) is 27.8 Å². The summed E-state index contributed by atoms with van der Waals surface area (Å²) in [5.74, 6) is 3.73. The summed E-state index contributed by atoms with van der Waals surface area (Å²) < 4.78 is 19.8. The van der Waals surface area contributed by atoms with E-state index in [1.807, 2.05) is 0 Å². The van der Waals surface area contributed by atoms with Crippen LogP contribution in [0.4, 0.5) is 0 Å². The quantitative estimate of drug-likeness (QED) is 0.165. The van der Waals surface area contributed by atoms with Crippen LogP contribution in [0.15, 0.2) is 236 Å². The van der Waals surface area contributed by atoms with E-state index in [2.05, 4.69) is 233 Å². The number of allylic oxidation sites excluding steroid dienone is 4. The summed E-state index contributed by atoms with van der Waals surface area (Å²) in [6, 6.07) is 77.8. The molecule has 2 unspecified atom stereocenters. The molecule has 1 aliphatic carbocycles. The average Bonchev–Trinajstić information content (AvgIpc) is 4.18. The first kappa shape index (κ1) is 37.9. The summed E-state index contributed by atoms with van der Waals surface area (Å²) in [5, 5.41) is 7.43. The highest BCUT2D eigenvalue weighted by atomic mass is 16.5. The molecular formula is C66H39BN2O2. The highest BCUT2D eigenvalue weighted by Crippen LogP contribution is 2.56. The number of hydrogen-bond acceptors (Lipinski definition) is 2. The van der Waals surface area contributed by atoms with Crippen molar-refractivity contribution in [2.45, 2.75) is 12.0 Å². The maximum Gasteiger partial charge on any atom is 0.260 e. The van der Waals surface area contributed by atoms with Gasteiger partial charge in [0.15, 0.2) is 0 Å². The lowest BCUT2D eigenvalue weighted by atomic mass is 9.33. The van der Waals surface area contributed by atoms with Gasteiger partial charge in [0.05, 0.1) is 22.1 Å². The van der Waals surface area contributed by atoms with Gasteiger partial charge in [0.1, 0.15) is 29.0 Å². The zero-order chi connectivity index (χ0) is 46.1. The van der Waals surface area contributed by atoms with Gasteiger partial charge in [-0.3, -0.25) is 0 Å². The second-order valence-corrected chi connectivity index (χ2v) is 19.8. The molecule has 6 heterocycles. The molecule has 0 fully saturated rings. The predicted octanol–water partition coefficient (Wildman–Crippen LogP) is 15.4. The lowest BCUT2D eigenvalue weighted by Crippen LogP contribution is -2.52. The Hall–Kier alpha value is -9.06. The van der Waals surface area contributed by atoms with Gasteiger partial charge in [-0.1, -0.05) is 164 Å². The first-order valence-corrected chi connectivity index (χ1v) is 24.8. The summed E-state index contributed by atoms with van der Waals surface area (Å²) in [6.45, 7) is -0.104. The molecule has 0 saturated carbocycles. The lowest BCUT2D eigenvalue weighted by Gasteiger charge is -2.38. The largest absolute Gasteiger partial charge is 0.460 e. The van der Waals surface area contributed by atoms with E-state index in [4.69, 9.17) is 9.47 Å². The fraction of sp³-hybridized carbons (Fsp3) is 0.0303. The SMILES string of the molecule is C1=CC2c3cc(-c4ccccc4)cc4c5cc(-c6ccccc6)ccc5n(c34)C2C2=C1B1c3ccc4c5cc(-c6ccccc6)cc6c7cc(-c8ccccc8)ccc7n(c4c3Oc3cccc(c31)O2)c65. The van der Waals surface area contributed by atoms with Crippen LogP contribution in [0, 0.1) is 0 Å². The molecule has 13 aromatic rings. The number of rotatable bonds is 4. The molecule has 17 rings (SSSR count). The van der Waals surface area contributed by atoms with Crippen LogP contribution >= 0.6 is 0 Å². The summed E-state index contributed by atoms with van der Waals surface area (Å²) in [6.07, 6.45) is 4.86. The Kier molecular flexibility index (Phi) is 7.36. The molecule has 3 aliphatic heterocycles. The number of nitrogens with zero attached hydrogens (tertiary/aromatic N) is 2. The molecule has 4 nitrogen and oxygen atoms in total. The normalized spacial score (nSPS) is 16.3. The minimum absolute atomic E-state index is 0.0800. The van der Waals surface area contributed by atoms with Gasteiger partial charge in [0.2, 0.25) is 0 Å². The monoisotopic (exact) mass is 902 g/mol. The van der Waals surface area contributed by atoms with Crippen molar-refractivity contribution < 1.29 is 9.47 Å². The Morgan fingerprint density at radius 3 is 1.58 bits per heavy atom. The van der Waals surface area contributed by atoms with E-state index in [9.17, 15) is 0 Å². The molecule has 0 spiro atoms. The molecule has 0 amide bonds.